The van der Waals surface area contributed by atoms with Crippen molar-refractivity contribution < 1.29 is 0 Å². The second kappa shape index (κ2) is 3.84. The first-order valence-corrected chi connectivity index (χ1v) is 5.88. The number of nitrogens with one attached hydrogen (secondary N) is 1. The summed E-state index contributed by atoms with van der Waals surface area (Å²) in [6.07, 6.45) is 0. The van der Waals surface area contributed by atoms with Crippen molar-refractivity contribution in [2.75, 3.05) is 5.73 Å². The van der Waals surface area contributed by atoms with Crippen LogP contribution in [0.5, 0.6) is 0 Å². The second-order valence-corrected chi connectivity index (χ2v) is 5.00. The summed E-state index contributed by atoms with van der Waals surface area (Å²) in [5.74, 6) is 0.416. The van der Waals surface area contributed by atoms with Gasteiger partial charge in [-0.1, -0.05) is 0 Å². The molecule has 0 radical (unpaired) electrons. The minimum Gasteiger partial charge on any atom is -0.368 e. The molecule has 4 nitrogen and oxygen atoms in total. The average Bonchev–Trinajstić information content (AvgIpc) is 2.67. The number of rotatable bonds is 2. The number of aromatic nitrogens is 3. The Balaban J connectivity index is 2.31. The highest BCUT2D eigenvalue weighted by Gasteiger charge is 2.04. The molecule has 74 valence electrons. The molecule has 3 N–H and O–H groups in total. The van der Waals surface area contributed by atoms with Crippen molar-refractivity contribution in [2.45, 2.75) is 6.54 Å². The Hall–Kier alpha value is -0.660. The smallest absolute Gasteiger partial charge is 0.220 e. The summed E-state index contributed by atoms with van der Waals surface area (Å²) in [7, 11) is 0. The van der Waals surface area contributed by atoms with Crippen molar-refractivity contribution in [2.24, 2.45) is 0 Å². The highest BCUT2D eigenvalue weighted by molar-refractivity contribution is 9.10. The molecule has 0 aliphatic heterocycles. The van der Waals surface area contributed by atoms with Crippen molar-refractivity contribution in [1.82, 2.24) is 14.8 Å². The highest BCUT2D eigenvalue weighted by Crippen LogP contribution is 2.21. The molecule has 2 aromatic heterocycles. The van der Waals surface area contributed by atoms with E-state index >= 15 is 0 Å². The summed E-state index contributed by atoms with van der Waals surface area (Å²) in [5.41, 5.74) is 5.64. The lowest BCUT2D eigenvalue weighted by Crippen LogP contribution is -2.03. The molecule has 0 atom stereocenters. The Morgan fingerprint density at radius 2 is 2.50 bits per heavy atom. The Kier molecular flexibility index (Phi) is 2.71. The van der Waals surface area contributed by atoms with Crippen LogP contribution in [0.15, 0.2) is 15.9 Å². The number of hydrogen-bond donors (Lipinski definition) is 2. The molecule has 2 heterocycles. The lowest BCUT2D eigenvalue weighted by molar-refractivity contribution is 0.805. The van der Waals surface area contributed by atoms with Gasteiger partial charge >= 0.3 is 0 Å². The number of nitrogen functional groups attached to an aromatic ring is 1. The van der Waals surface area contributed by atoms with Crippen LogP contribution in [0.4, 0.5) is 5.95 Å². The molecule has 0 bridgehead atoms. The number of anilines is 1. The number of thiophene rings is 1. The largest absolute Gasteiger partial charge is 0.368 e. The molecule has 0 unspecified atom stereocenters. The Morgan fingerprint density at radius 3 is 3.00 bits per heavy atom. The van der Waals surface area contributed by atoms with E-state index in [9.17, 15) is 0 Å². The van der Waals surface area contributed by atoms with E-state index in [0.717, 1.165) is 4.47 Å². The van der Waals surface area contributed by atoms with Gasteiger partial charge in [0.25, 0.3) is 0 Å². The summed E-state index contributed by atoms with van der Waals surface area (Å²) in [6.45, 7) is 0.664. The third kappa shape index (κ3) is 1.89. The van der Waals surface area contributed by atoms with Crippen LogP contribution >= 0.6 is 39.5 Å². The molecule has 0 amide bonds. The zero-order valence-corrected chi connectivity index (χ0v) is 10.2. The summed E-state index contributed by atoms with van der Waals surface area (Å²) in [6, 6.07) is 2.04. The van der Waals surface area contributed by atoms with Gasteiger partial charge in [0.15, 0.2) is 4.77 Å². The molecule has 0 aromatic carbocycles. The van der Waals surface area contributed by atoms with Crippen LogP contribution in [-0.4, -0.2) is 14.8 Å². The van der Waals surface area contributed by atoms with E-state index in [-0.39, 0.29) is 0 Å². The quantitative estimate of drug-likeness (QED) is 0.835. The first-order chi connectivity index (χ1) is 6.66. The molecule has 0 fully saturated rings. The Labute approximate surface area is 97.9 Å². The first-order valence-electron chi connectivity index (χ1n) is 3.80. The average molecular weight is 291 g/mol. The van der Waals surface area contributed by atoms with Crippen LogP contribution in [-0.2, 0) is 6.54 Å². The Morgan fingerprint density at radius 1 is 1.71 bits per heavy atom. The van der Waals surface area contributed by atoms with Gasteiger partial charge in [-0.25, -0.2) is 5.10 Å². The monoisotopic (exact) mass is 290 g/mol. The van der Waals surface area contributed by atoms with Gasteiger partial charge in [0.1, 0.15) is 0 Å². The fourth-order valence-electron chi connectivity index (χ4n) is 1.08. The van der Waals surface area contributed by atoms with Gasteiger partial charge < -0.3 is 5.73 Å². The minimum atomic E-state index is 0.416. The molecular weight excluding hydrogens is 284 g/mol. The third-order valence-electron chi connectivity index (χ3n) is 1.72. The lowest BCUT2D eigenvalue weighted by Gasteiger charge is -1.99. The molecule has 0 saturated carbocycles. The van der Waals surface area contributed by atoms with E-state index < -0.39 is 0 Å². The molecule has 7 heteroatoms. The lowest BCUT2D eigenvalue weighted by atomic mass is 10.4. The second-order valence-electron chi connectivity index (χ2n) is 2.70. The maximum atomic E-state index is 5.64. The molecule has 0 aliphatic rings. The van der Waals surface area contributed by atoms with Crippen LogP contribution in [0.2, 0.25) is 0 Å². The number of aromatic amines is 1. The number of nitrogens with two attached hydrogens (primary N) is 1. The predicted octanol–water partition coefficient (Wildman–Crippen LogP) is 2.40. The van der Waals surface area contributed by atoms with Crippen molar-refractivity contribution in [3.8, 4) is 0 Å². The van der Waals surface area contributed by atoms with Crippen molar-refractivity contribution in [1.29, 1.82) is 0 Å². The van der Waals surface area contributed by atoms with Gasteiger partial charge in [0.05, 0.1) is 6.54 Å². The van der Waals surface area contributed by atoms with E-state index in [1.165, 1.54) is 4.88 Å². The van der Waals surface area contributed by atoms with Crippen molar-refractivity contribution in [3.05, 3.63) is 25.6 Å². The number of nitrogens with zero attached hydrogens (tertiary/aromatic N) is 2. The SMILES string of the molecule is Nc1n[nH]c(=S)n1Cc1cc(Br)cs1. The van der Waals surface area contributed by atoms with E-state index in [4.69, 9.17) is 18.0 Å². The predicted molar refractivity (Wildman–Crippen MR) is 62.9 cm³/mol. The maximum absolute atomic E-state index is 5.64. The van der Waals surface area contributed by atoms with Crippen LogP contribution in [0.3, 0.4) is 0 Å². The normalized spacial score (nSPS) is 10.6. The van der Waals surface area contributed by atoms with Gasteiger partial charge in [0.2, 0.25) is 5.95 Å². The van der Waals surface area contributed by atoms with E-state index in [0.29, 0.717) is 17.3 Å². The summed E-state index contributed by atoms with van der Waals surface area (Å²) in [5, 5.41) is 8.51. The molecule has 2 rings (SSSR count). The number of halogens is 1. The zero-order chi connectivity index (χ0) is 10.1. The standard InChI is InChI=1S/C7H7BrN4S2/c8-4-1-5(14-3-4)2-12-6(9)10-11-7(12)13/h1,3H,2H2,(H2,9,10)(H,11,13). The topological polar surface area (TPSA) is 59.6 Å². The summed E-state index contributed by atoms with van der Waals surface area (Å²) >= 11 is 10.1. The van der Waals surface area contributed by atoms with Crippen LogP contribution in [0.1, 0.15) is 4.88 Å². The molecule has 14 heavy (non-hydrogen) atoms. The van der Waals surface area contributed by atoms with Crippen LogP contribution in [0.25, 0.3) is 0 Å². The fourth-order valence-corrected chi connectivity index (χ4v) is 2.72. The van der Waals surface area contributed by atoms with Gasteiger partial charge in [-0.3, -0.25) is 4.57 Å². The van der Waals surface area contributed by atoms with Gasteiger partial charge in [0, 0.05) is 14.7 Å². The van der Waals surface area contributed by atoms with E-state index in [1.807, 2.05) is 11.4 Å². The van der Waals surface area contributed by atoms with Crippen LogP contribution < -0.4 is 5.73 Å². The number of H-pyrrole nitrogens is 1. The highest BCUT2D eigenvalue weighted by atomic mass is 79.9. The van der Waals surface area contributed by atoms with Gasteiger partial charge in [-0.15, -0.1) is 16.4 Å². The fraction of sp³-hybridized carbons (Fsp3) is 0.143. The van der Waals surface area contributed by atoms with Gasteiger partial charge in [-0.2, -0.15) is 0 Å². The van der Waals surface area contributed by atoms with Gasteiger partial charge in [-0.05, 0) is 34.2 Å². The minimum absolute atomic E-state index is 0.416. The molecule has 0 aliphatic carbocycles. The molecule has 0 saturated heterocycles. The van der Waals surface area contributed by atoms with E-state index in [1.54, 1.807) is 15.9 Å². The van der Waals surface area contributed by atoms with E-state index in [2.05, 4.69) is 26.1 Å². The molecule has 0 spiro atoms. The maximum Gasteiger partial charge on any atom is 0.220 e. The molecular formula is C7H7BrN4S2. The summed E-state index contributed by atoms with van der Waals surface area (Å²) in [4.78, 5) is 1.18. The van der Waals surface area contributed by atoms with Crippen molar-refractivity contribution in [3.63, 3.8) is 0 Å². The van der Waals surface area contributed by atoms with Crippen LogP contribution in [0, 0.1) is 4.77 Å². The first kappa shape index (κ1) is 9.88. The van der Waals surface area contributed by atoms with Crippen molar-refractivity contribution >= 4 is 45.4 Å². The summed E-state index contributed by atoms with van der Waals surface area (Å²) < 4.78 is 3.38. The molecule has 2 aromatic rings. The third-order valence-corrected chi connectivity index (χ3v) is 3.72. The zero-order valence-electron chi connectivity index (χ0n) is 7.03. The Bertz CT molecular complexity index is 498. The number of hydrogen-bond acceptors (Lipinski definition) is 4.